The largest absolute Gasteiger partial charge is 0.319 e. The number of aromatic nitrogens is 2. The number of hydrogen-bond acceptors (Lipinski definition) is 4. The second-order valence-electron chi connectivity index (χ2n) is 3.90. The number of ketones is 1. The molecule has 6 heteroatoms. The van der Waals surface area contributed by atoms with Gasteiger partial charge in [0.05, 0.1) is 10.6 Å². The first-order valence-corrected chi connectivity index (χ1v) is 5.53. The molecule has 0 fully saturated rings. The molecule has 0 saturated carbocycles. The van der Waals surface area contributed by atoms with Gasteiger partial charge in [0.15, 0.2) is 0 Å². The summed E-state index contributed by atoms with van der Waals surface area (Å²) in [6.45, 7) is 0. The SMILES string of the molecule is Cn1ccc(C=C(C(=O)c2ccccc2)[N+](=O)[O-])n1. The van der Waals surface area contributed by atoms with E-state index in [0.29, 0.717) is 5.69 Å². The normalized spacial score (nSPS) is 11.3. The summed E-state index contributed by atoms with van der Waals surface area (Å²) in [5, 5.41) is 15.0. The van der Waals surface area contributed by atoms with Gasteiger partial charge in [-0.25, -0.2) is 0 Å². The van der Waals surface area contributed by atoms with Crippen LogP contribution in [-0.2, 0) is 7.05 Å². The van der Waals surface area contributed by atoms with E-state index in [1.165, 1.54) is 22.9 Å². The van der Waals surface area contributed by atoms with E-state index in [2.05, 4.69) is 5.10 Å². The maximum absolute atomic E-state index is 12.1. The van der Waals surface area contributed by atoms with Crippen molar-refractivity contribution in [2.24, 2.45) is 7.05 Å². The molecule has 0 amide bonds. The molecular weight excluding hydrogens is 246 g/mol. The fraction of sp³-hybridized carbons (Fsp3) is 0.0769. The quantitative estimate of drug-likeness (QED) is 0.363. The molecule has 6 nitrogen and oxygen atoms in total. The second-order valence-corrected chi connectivity index (χ2v) is 3.90. The van der Waals surface area contributed by atoms with Crippen LogP contribution in [0.1, 0.15) is 16.1 Å². The fourth-order valence-electron chi connectivity index (χ4n) is 1.59. The summed E-state index contributed by atoms with van der Waals surface area (Å²) in [5.74, 6) is -0.628. The average Bonchev–Trinajstić information content (AvgIpc) is 2.81. The number of aryl methyl sites for hydroxylation is 1. The van der Waals surface area contributed by atoms with Crippen molar-refractivity contribution in [3.05, 3.63) is 69.7 Å². The van der Waals surface area contributed by atoms with Gasteiger partial charge in [0, 0.05) is 24.9 Å². The lowest BCUT2D eigenvalue weighted by molar-refractivity contribution is -0.415. The van der Waals surface area contributed by atoms with Gasteiger partial charge in [0.2, 0.25) is 0 Å². The fourth-order valence-corrected chi connectivity index (χ4v) is 1.59. The topological polar surface area (TPSA) is 78.0 Å². The highest BCUT2D eigenvalue weighted by atomic mass is 16.6. The molecule has 0 spiro atoms. The van der Waals surface area contributed by atoms with Gasteiger partial charge in [0.25, 0.3) is 5.78 Å². The average molecular weight is 257 g/mol. The van der Waals surface area contributed by atoms with Crippen LogP contribution in [0.25, 0.3) is 6.08 Å². The molecule has 0 radical (unpaired) electrons. The molecule has 0 saturated heterocycles. The van der Waals surface area contributed by atoms with E-state index in [9.17, 15) is 14.9 Å². The number of carbonyl (C=O) groups excluding carboxylic acids is 1. The number of nitro groups is 1. The smallest absolute Gasteiger partial charge is 0.282 e. The third-order valence-electron chi connectivity index (χ3n) is 2.48. The molecule has 0 atom stereocenters. The van der Waals surface area contributed by atoms with Crippen molar-refractivity contribution in [2.45, 2.75) is 0 Å². The van der Waals surface area contributed by atoms with Crippen LogP contribution in [0.3, 0.4) is 0 Å². The van der Waals surface area contributed by atoms with Gasteiger partial charge < -0.3 is 0 Å². The molecule has 0 aliphatic carbocycles. The van der Waals surface area contributed by atoms with E-state index >= 15 is 0 Å². The number of nitrogens with zero attached hydrogens (tertiary/aromatic N) is 3. The zero-order valence-electron chi connectivity index (χ0n) is 10.2. The Morgan fingerprint density at radius 3 is 2.53 bits per heavy atom. The van der Waals surface area contributed by atoms with Gasteiger partial charge in [-0.05, 0) is 6.07 Å². The van der Waals surface area contributed by atoms with E-state index in [4.69, 9.17) is 0 Å². The standard InChI is InChI=1S/C13H11N3O3/c1-15-8-7-11(14-15)9-12(16(18)19)13(17)10-5-3-2-4-6-10/h2-9H,1H3. The minimum absolute atomic E-state index is 0.279. The molecule has 19 heavy (non-hydrogen) atoms. The van der Waals surface area contributed by atoms with Gasteiger partial charge in [-0.2, -0.15) is 5.10 Å². The highest BCUT2D eigenvalue weighted by Crippen LogP contribution is 2.12. The predicted octanol–water partition coefficient (Wildman–Crippen LogP) is 1.92. The highest BCUT2D eigenvalue weighted by Gasteiger charge is 2.23. The van der Waals surface area contributed by atoms with Crippen LogP contribution in [0.4, 0.5) is 0 Å². The summed E-state index contributed by atoms with van der Waals surface area (Å²) in [6.07, 6.45) is 2.83. The maximum atomic E-state index is 12.1. The third-order valence-corrected chi connectivity index (χ3v) is 2.48. The predicted molar refractivity (Wildman–Crippen MR) is 69.0 cm³/mol. The molecule has 0 aliphatic heterocycles. The van der Waals surface area contributed by atoms with Gasteiger partial charge in [-0.3, -0.25) is 19.6 Å². The lowest BCUT2D eigenvalue weighted by atomic mass is 10.1. The van der Waals surface area contributed by atoms with E-state index in [0.717, 1.165) is 0 Å². The molecule has 0 N–H and O–H groups in total. The third kappa shape index (κ3) is 2.92. The number of Topliss-reactive ketones (excluding diaryl/α,β-unsaturated/α-hetero) is 1. The summed E-state index contributed by atoms with van der Waals surface area (Å²) in [6, 6.07) is 9.74. The molecule has 0 unspecified atom stereocenters. The minimum Gasteiger partial charge on any atom is -0.282 e. The lowest BCUT2D eigenvalue weighted by Crippen LogP contribution is -2.11. The monoisotopic (exact) mass is 257 g/mol. The van der Waals surface area contributed by atoms with Crippen LogP contribution in [-0.4, -0.2) is 20.5 Å². The molecule has 1 aromatic carbocycles. The van der Waals surface area contributed by atoms with Crippen molar-refractivity contribution in [1.82, 2.24) is 9.78 Å². The molecule has 0 bridgehead atoms. The van der Waals surface area contributed by atoms with Crippen LogP contribution >= 0.6 is 0 Å². The minimum atomic E-state index is -0.690. The van der Waals surface area contributed by atoms with Crippen LogP contribution in [0.15, 0.2) is 48.3 Å². The van der Waals surface area contributed by atoms with Crippen molar-refractivity contribution in [3.8, 4) is 0 Å². The van der Waals surface area contributed by atoms with E-state index in [1.54, 1.807) is 37.5 Å². The number of benzene rings is 1. The van der Waals surface area contributed by atoms with E-state index in [-0.39, 0.29) is 5.56 Å². The van der Waals surface area contributed by atoms with E-state index in [1.807, 2.05) is 0 Å². The summed E-state index contributed by atoms with van der Waals surface area (Å²) in [4.78, 5) is 22.4. The Morgan fingerprint density at radius 1 is 1.32 bits per heavy atom. The Labute approximate surface area is 109 Å². The highest BCUT2D eigenvalue weighted by molar-refractivity contribution is 6.09. The number of allylic oxidation sites excluding steroid dienone is 1. The number of carbonyl (C=O) groups is 1. The van der Waals surface area contributed by atoms with Crippen molar-refractivity contribution < 1.29 is 9.72 Å². The van der Waals surface area contributed by atoms with Gasteiger partial charge in [-0.15, -0.1) is 0 Å². The molecule has 1 aromatic heterocycles. The molecule has 2 aromatic rings. The van der Waals surface area contributed by atoms with Crippen molar-refractivity contribution in [3.63, 3.8) is 0 Å². The first-order valence-electron chi connectivity index (χ1n) is 5.53. The summed E-state index contributed by atoms with van der Waals surface area (Å²) >= 11 is 0. The van der Waals surface area contributed by atoms with Crippen LogP contribution in [0, 0.1) is 10.1 Å². The zero-order valence-corrected chi connectivity index (χ0v) is 10.2. The van der Waals surface area contributed by atoms with Crippen LogP contribution in [0.2, 0.25) is 0 Å². The summed E-state index contributed by atoms with van der Waals surface area (Å²) in [7, 11) is 1.70. The molecule has 1 heterocycles. The Hall–Kier alpha value is -2.76. The first-order chi connectivity index (χ1) is 9.08. The second kappa shape index (κ2) is 5.26. The molecule has 2 rings (SSSR count). The summed E-state index contributed by atoms with van der Waals surface area (Å²) < 4.78 is 1.51. The van der Waals surface area contributed by atoms with Gasteiger partial charge >= 0.3 is 5.70 Å². The number of hydrogen-bond donors (Lipinski definition) is 0. The zero-order chi connectivity index (χ0) is 13.8. The van der Waals surface area contributed by atoms with Crippen LogP contribution in [0.5, 0.6) is 0 Å². The van der Waals surface area contributed by atoms with E-state index < -0.39 is 16.4 Å². The number of rotatable bonds is 4. The maximum Gasteiger partial charge on any atom is 0.319 e. The van der Waals surface area contributed by atoms with Gasteiger partial charge in [-0.1, -0.05) is 30.3 Å². The Bertz CT molecular complexity index is 644. The Morgan fingerprint density at radius 2 is 2.00 bits per heavy atom. The first kappa shape index (κ1) is 12.7. The van der Waals surface area contributed by atoms with Gasteiger partial charge in [0.1, 0.15) is 0 Å². The molecular formula is C13H11N3O3. The summed E-state index contributed by atoms with van der Waals surface area (Å²) in [5.41, 5.74) is 0.157. The Balaban J connectivity index is 2.39. The van der Waals surface area contributed by atoms with Crippen molar-refractivity contribution >= 4 is 11.9 Å². The van der Waals surface area contributed by atoms with Crippen LogP contribution < -0.4 is 0 Å². The van der Waals surface area contributed by atoms with Crippen molar-refractivity contribution in [1.29, 1.82) is 0 Å². The molecule has 96 valence electrons. The Kier molecular flexibility index (Phi) is 3.51. The van der Waals surface area contributed by atoms with Crippen molar-refractivity contribution in [2.75, 3.05) is 0 Å². The lowest BCUT2D eigenvalue weighted by Gasteiger charge is -1.98. The molecule has 0 aliphatic rings.